The molecule has 0 radical (unpaired) electrons. The molecular weight excluding hydrogens is 316 g/mol. The van der Waals surface area contributed by atoms with Crippen molar-refractivity contribution in [3.63, 3.8) is 0 Å². The van der Waals surface area contributed by atoms with Crippen molar-refractivity contribution in [2.75, 3.05) is 26.4 Å². The number of ether oxygens (including phenoxy) is 2. The van der Waals surface area contributed by atoms with Gasteiger partial charge >= 0.3 is 12.2 Å². The van der Waals surface area contributed by atoms with Gasteiger partial charge in [0.1, 0.15) is 0 Å². The van der Waals surface area contributed by atoms with Crippen LogP contribution in [0.1, 0.15) is 51.4 Å². The van der Waals surface area contributed by atoms with Gasteiger partial charge in [-0.05, 0) is 51.4 Å². The SMILES string of the molecule is O=C(N=C1CCC(=NC(=O)OCCCCO)CC1)OCCCCO. The van der Waals surface area contributed by atoms with Gasteiger partial charge in [-0.25, -0.2) is 9.59 Å². The predicted octanol–water partition coefficient (Wildman–Crippen LogP) is 2.26. The summed E-state index contributed by atoms with van der Waals surface area (Å²) in [7, 11) is 0. The van der Waals surface area contributed by atoms with Gasteiger partial charge in [0, 0.05) is 24.6 Å². The van der Waals surface area contributed by atoms with E-state index in [2.05, 4.69) is 9.98 Å². The van der Waals surface area contributed by atoms with E-state index in [1.165, 1.54) is 0 Å². The van der Waals surface area contributed by atoms with Crippen molar-refractivity contribution in [1.29, 1.82) is 0 Å². The average molecular weight is 342 g/mol. The molecule has 0 aliphatic heterocycles. The molecule has 136 valence electrons. The minimum Gasteiger partial charge on any atom is -0.448 e. The normalized spacial score (nSPS) is 14.2. The molecule has 0 aromatic rings. The van der Waals surface area contributed by atoms with E-state index in [1.807, 2.05) is 0 Å². The van der Waals surface area contributed by atoms with Crippen LogP contribution in [0.5, 0.6) is 0 Å². The maximum atomic E-state index is 11.5. The van der Waals surface area contributed by atoms with Gasteiger partial charge in [0.05, 0.1) is 13.2 Å². The lowest BCUT2D eigenvalue weighted by Crippen LogP contribution is -2.17. The van der Waals surface area contributed by atoms with Gasteiger partial charge in [-0.15, -0.1) is 0 Å². The Hall–Kier alpha value is -1.80. The Balaban J connectivity index is 2.27. The second kappa shape index (κ2) is 12.6. The van der Waals surface area contributed by atoms with Crippen LogP contribution >= 0.6 is 0 Å². The van der Waals surface area contributed by atoms with Gasteiger partial charge in [0.15, 0.2) is 0 Å². The molecular formula is C16H26N2O6. The highest BCUT2D eigenvalue weighted by molar-refractivity contribution is 6.03. The van der Waals surface area contributed by atoms with E-state index < -0.39 is 12.2 Å². The Labute approximate surface area is 141 Å². The molecule has 0 aromatic heterocycles. The van der Waals surface area contributed by atoms with E-state index in [4.69, 9.17) is 19.7 Å². The Morgan fingerprint density at radius 1 is 0.750 bits per heavy atom. The average Bonchev–Trinajstić information content (AvgIpc) is 2.57. The number of nitrogens with zero attached hydrogens (tertiary/aromatic N) is 2. The summed E-state index contributed by atoms with van der Waals surface area (Å²) in [5.74, 6) is 0. The number of rotatable bonds is 8. The van der Waals surface area contributed by atoms with Gasteiger partial charge in [0.2, 0.25) is 0 Å². The zero-order chi connectivity index (χ0) is 17.6. The second-order valence-corrected chi connectivity index (χ2v) is 5.45. The first-order valence-electron chi connectivity index (χ1n) is 8.33. The number of aliphatic hydroxyl groups is 2. The zero-order valence-electron chi connectivity index (χ0n) is 13.9. The lowest BCUT2D eigenvalue weighted by atomic mass is 9.96. The fraction of sp³-hybridized carbons (Fsp3) is 0.750. The van der Waals surface area contributed by atoms with Crippen LogP contribution in [-0.2, 0) is 9.47 Å². The van der Waals surface area contributed by atoms with Crippen molar-refractivity contribution in [2.45, 2.75) is 51.4 Å². The number of hydrogen-bond acceptors (Lipinski definition) is 6. The number of aliphatic hydroxyl groups excluding tert-OH is 2. The van der Waals surface area contributed by atoms with Crippen LogP contribution in [0.15, 0.2) is 9.98 Å². The highest BCUT2D eigenvalue weighted by Gasteiger charge is 2.16. The minimum atomic E-state index is -0.605. The van der Waals surface area contributed by atoms with E-state index >= 15 is 0 Å². The van der Waals surface area contributed by atoms with Crippen LogP contribution in [0.2, 0.25) is 0 Å². The fourth-order valence-corrected chi connectivity index (χ4v) is 2.12. The third-order valence-electron chi connectivity index (χ3n) is 3.46. The van der Waals surface area contributed by atoms with Crippen molar-refractivity contribution in [2.24, 2.45) is 9.98 Å². The summed E-state index contributed by atoms with van der Waals surface area (Å²) >= 11 is 0. The van der Waals surface area contributed by atoms with Crippen LogP contribution in [0.3, 0.4) is 0 Å². The molecule has 2 N–H and O–H groups in total. The summed E-state index contributed by atoms with van der Waals surface area (Å²) in [6, 6.07) is 0. The predicted molar refractivity (Wildman–Crippen MR) is 88.7 cm³/mol. The lowest BCUT2D eigenvalue weighted by molar-refractivity contribution is 0.150. The highest BCUT2D eigenvalue weighted by Crippen LogP contribution is 2.14. The highest BCUT2D eigenvalue weighted by atomic mass is 16.5. The Morgan fingerprint density at radius 3 is 1.46 bits per heavy atom. The first-order chi connectivity index (χ1) is 11.7. The molecule has 1 fully saturated rings. The summed E-state index contributed by atoms with van der Waals surface area (Å²) in [6.45, 7) is 0.673. The lowest BCUT2D eigenvalue weighted by Gasteiger charge is -2.14. The molecule has 24 heavy (non-hydrogen) atoms. The molecule has 0 bridgehead atoms. The Bertz CT molecular complexity index is 407. The summed E-state index contributed by atoms with van der Waals surface area (Å²) in [4.78, 5) is 30.9. The summed E-state index contributed by atoms with van der Waals surface area (Å²) in [5.41, 5.74) is 1.50. The van der Waals surface area contributed by atoms with Crippen LogP contribution in [0, 0.1) is 0 Å². The van der Waals surface area contributed by atoms with Gasteiger partial charge in [0.25, 0.3) is 0 Å². The number of carbonyl (C=O) groups is 2. The minimum absolute atomic E-state index is 0.0814. The second-order valence-electron chi connectivity index (χ2n) is 5.45. The first kappa shape index (κ1) is 20.2. The van der Waals surface area contributed by atoms with Crippen molar-refractivity contribution in [3.05, 3.63) is 0 Å². The summed E-state index contributed by atoms with van der Waals surface area (Å²) in [6.07, 6.45) is 3.50. The number of hydrogen-bond donors (Lipinski definition) is 2. The zero-order valence-corrected chi connectivity index (χ0v) is 13.9. The van der Waals surface area contributed by atoms with Crippen LogP contribution in [-0.4, -0.2) is 60.3 Å². The fourth-order valence-electron chi connectivity index (χ4n) is 2.12. The van der Waals surface area contributed by atoms with Crippen LogP contribution in [0.4, 0.5) is 9.59 Å². The standard InChI is InChI=1S/C16H26N2O6/c19-9-1-3-11-23-15(21)17-13-5-7-14(8-6-13)18-16(22)24-12-4-2-10-20/h19-20H,1-12H2. The summed E-state index contributed by atoms with van der Waals surface area (Å²) in [5, 5.41) is 17.3. The van der Waals surface area contributed by atoms with Crippen molar-refractivity contribution >= 4 is 23.6 Å². The number of unbranched alkanes of at least 4 members (excludes halogenated alkanes) is 2. The quantitative estimate of drug-likeness (QED) is 0.653. The van der Waals surface area contributed by atoms with Gasteiger partial charge < -0.3 is 19.7 Å². The van der Waals surface area contributed by atoms with E-state index in [0.29, 0.717) is 51.4 Å². The Kier molecular flexibility index (Phi) is 10.6. The summed E-state index contributed by atoms with van der Waals surface area (Å²) < 4.78 is 9.89. The maximum absolute atomic E-state index is 11.5. The third-order valence-corrected chi connectivity index (χ3v) is 3.46. The molecule has 2 amide bonds. The van der Waals surface area contributed by atoms with E-state index in [1.54, 1.807) is 0 Å². The molecule has 1 aliphatic rings. The van der Waals surface area contributed by atoms with Gasteiger partial charge in [-0.2, -0.15) is 9.98 Å². The van der Waals surface area contributed by atoms with Crippen LogP contribution in [0.25, 0.3) is 0 Å². The van der Waals surface area contributed by atoms with E-state index in [-0.39, 0.29) is 26.4 Å². The molecule has 8 nitrogen and oxygen atoms in total. The smallest absolute Gasteiger partial charge is 0.433 e. The Morgan fingerprint density at radius 2 is 1.12 bits per heavy atom. The molecule has 0 heterocycles. The van der Waals surface area contributed by atoms with Gasteiger partial charge in [-0.3, -0.25) is 0 Å². The van der Waals surface area contributed by atoms with E-state index in [9.17, 15) is 9.59 Å². The third kappa shape index (κ3) is 9.36. The molecule has 1 rings (SSSR count). The van der Waals surface area contributed by atoms with Crippen molar-refractivity contribution in [3.8, 4) is 0 Å². The van der Waals surface area contributed by atoms with Crippen molar-refractivity contribution in [1.82, 2.24) is 0 Å². The van der Waals surface area contributed by atoms with Gasteiger partial charge in [-0.1, -0.05) is 0 Å². The molecule has 1 aliphatic carbocycles. The monoisotopic (exact) mass is 342 g/mol. The van der Waals surface area contributed by atoms with Crippen LogP contribution < -0.4 is 0 Å². The molecule has 0 spiro atoms. The van der Waals surface area contributed by atoms with Crippen molar-refractivity contribution < 1.29 is 29.3 Å². The molecule has 0 aromatic carbocycles. The molecule has 8 heteroatoms. The number of carbonyl (C=O) groups excluding carboxylic acids is 2. The number of aliphatic imine (C=N–C) groups is 2. The maximum Gasteiger partial charge on any atom is 0.433 e. The first-order valence-corrected chi connectivity index (χ1v) is 8.33. The molecule has 1 saturated carbocycles. The topological polar surface area (TPSA) is 118 Å². The molecule has 0 atom stereocenters. The van der Waals surface area contributed by atoms with E-state index in [0.717, 1.165) is 11.4 Å². The molecule has 0 unspecified atom stereocenters. The molecule has 0 saturated heterocycles. The number of amides is 2. The largest absolute Gasteiger partial charge is 0.448 e.